The van der Waals surface area contributed by atoms with Gasteiger partial charge in [0, 0.05) is 24.5 Å². The molecule has 6 nitrogen and oxygen atoms in total. The van der Waals surface area contributed by atoms with Crippen molar-refractivity contribution < 1.29 is 23.5 Å². The van der Waals surface area contributed by atoms with E-state index in [0.29, 0.717) is 13.2 Å². The molecule has 0 aliphatic carbocycles. The summed E-state index contributed by atoms with van der Waals surface area (Å²) in [7, 11) is 1.68. The summed E-state index contributed by atoms with van der Waals surface area (Å²) in [5.41, 5.74) is 3.54. The molecular weight excluding hydrogens is 370 g/mol. The van der Waals surface area contributed by atoms with Gasteiger partial charge in [0.05, 0.1) is 19.3 Å². The van der Waals surface area contributed by atoms with Crippen LogP contribution >= 0.6 is 0 Å². The summed E-state index contributed by atoms with van der Waals surface area (Å²) in [5.74, 6) is 0.0668. The molecule has 0 unspecified atom stereocenters. The third-order valence-corrected chi connectivity index (χ3v) is 4.58. The zero-order valence-corrected chi connectivity index (χ0v) is 16.9. The lowest BCUT2D eigenvalue weighted by atomic mass is 10.1. The standard InChI is InChI=1S/C23H25NO5/c1-4-27-19-8-6-17(7-9-19)13-24(3)22(25)15-29-23(26)12-18-14-28-21-11-16(2)5-10-20(18)21/h5-11,14H,4,12-13,15H2,1-3H3. The maximum atomic E-state index is 12.3. The first-order valence-corrected chi connectivity index (χ1v) is 9.54. The predicted molar refractivity (Wildman–Crippen MR) is 110 cm³/mol. The third-order valence-electron chi connectivity index (χ3n) is 4.58. The molecule has 0 saturated carbocycles. The van der Waals surface area contributed by atoms with E-state index in [2.05, 4.69) is 0 Å². The number of ether oxygens (including phenoxy) is 2. The molecule has 1 heterocycles. The Labute approximate surface area is 170 Å². The monoisotopic (exact) mass is 395 g/mol. The Morgan fingerprint density at radius 1 is 1.10 bits per heavy atom. The van der Waals surface area contributed by atoms with Crippen LogP contribution in [0.3, 0.4) is 0 Å². The van der Waals surface area contributed by atoms with Crippen molar-refractivity contribution in [2.75, 3.05) is 20.3 Å². The molecule has 152 valence electrons. The van der Waals surface area contributed by atoms with Crippen molar-refractivity contribution in [2.24, 2.45) is 0 Å². The largest absolute Gasteiger partial charge is 0.494 e. The molecule has 0 N–H and O–H groups in total. The van der Waals surface area contributed by atoms with Crippen LogP contribution in [0.2, 0.25) is 0 Å². The summed E-state index contributed by atoms with van der Waals surface area (Å²) < 4.78 is 16.1. The van der Waals surface area contributed by atoms with Crippen LogP contribution in [0.5, 0.6) is 5.75 Å². The lowest BCUT2D eigenvalue weighted by Crippen LogP contribution is -2.31. The van der Waals surface area contributed by atoms with Crippen molar-refractivity contribution >= 4 is 22.8 Å². The molecule has 0 saturated heterocycles. The summed E-state index contributed by atoms with van der Waals surface area (Å²) in [4.78, 5) is 26.0. The zero-order chi connectivity index (χ0) is 20.8. The first-order valence-electron chi connectivity index (χ1n) is 9.54. The van der Waals surface area contributed by atoms with Gasteiger partial charge >= 0.3 is 5.97 Å². The highest BCUT2D eigenvalue weighted by atomic mass is 16.5. The minimum absolute atomic E-state index is 0.0615. The number of carbonyl (C=O) groups excluding carboxylic acids is 2. The van der Waals surface area contributed by atoms with Crippen molar-refractivity contribution in [1.82, 2.24) is 4.90 Å². The molecule has 0 fully saturated rings. The van der Waals surface area contributed by atoms with Gasteiger partial charge in [0.1, 0.15) is 11.3 Å². The average Bonchev–Trinajstić information content (AvgIpc) is 3.09. The molecule has 1 amide bonds. The van der Waals surface area contributed by atoms with E-state index in [1.54, 1.807) is 13.3 Å². The number of furan rings is 1. The smallest absolute Gasteiger partial charge is 0.310 e. The molecule has 3 rings (SSSR count). The van der Waals surface area contributed by atoms with E-state index in [1.165, 1.54) is 4.90 Å². The molecule has 29 heavy (non-hydrogen) atoms. The number of benzene rings is 2. The van der Waals surface area contributed by atoms with Gasteiger partial charge in [-0.3, -0.25) is 9.59 Å². The fourth-order valence-electron chi connectivity index (χ4n) is 3.01. The second-order valence-corrected chi connectivity index (χ2v) is 6.92. The van der Waals surface area contributed by atoms with Crippen LogP contribution in [0.1, 0.15) is 23.6 Å². The van der Waals surface area contributed by atoms with Gasteiger partial charge in [-0.05, 0) is 43.2 Å². The number of hydrogen-bond donors (Lipinski definition) is 0. The van der Waals surface area contributed by atoms with E-state index in [-0.39, 0.29) is 18.9 Å². The Morgan fingerprint density at radius 2 is 1.86 bits per heavy atom. The van der Waals surface area contributed by atoms with E-state index in [9.17, 15) is 9.59 Å². The van der Waals surface area contributed by atoms with Gasteiger partial charge in [0.15, 0.2) is 6.61 Å². The Morgan fingerprint density at radius 3 is 2.59 bits per heavy atom. The number of fused-ring (bicyclic) bond motifs is 1. The molecule has 3 aromatic rings. The number of amides is 1. The van der Waals surface area contributed by atoms with Crippen molar-refractivity contribution in [2.45, 2.75) is 26.8 Å². The number of hydrogen-bond acceptors (Lipinski definition) is 5. The first-order chi connectivity index (χ1) is 14.0. The Bertz CT molecular complexity index is 990. The van der Waals surface area contributed by atoms with Crippen LogP contribution in [0.4, 0.5) is 0 Å². The number of rotatable bonds is 8. The van der Waals surface area contributed by atoms with Crippen LogP contribution in [0, 0.1) is 6.92 Å². The number of aryl methyl sites for hydroxylation is 1. The van der Waals surface area contributed by atoms with E-state index in [0.717, 1.165) is 33.4 Å². The lowest BCUT2D eigenvalue weighted by molar-refractivity contribution is -0.151. The van der Waals surface area contributed by atoms with Gasteiger partial charge in [-0.25, -0.2) is 0 Å². The van der Waals surface area contributed by atoms with Crippen molar-refractivity contribution in [3.8, 4) is 5.75 Å². The Kier molecular flexibility index (Phi) is 6.54. The van der Waals surface area contributed by atoms with Crippen LogP contribution in [0.15, 0.2) is 53.1 Å². The van der Waals surface area contributed by atoms with Crippen molar-refractivity contribution in [3.05, 3.63) is 65.4 Å². The molecule has 0 aliphatic rings. The second kappa shape index (κ2) is 9.28. The van der Waals surface area contributed by atoms with E-state index in [4.69, 9.17) is 13.9 Å². The molecule has 0 radical (unpaired) electrons. The summed E-state index contributed by atoms with van der Waals surface area (Å²) in [6.07, 6.45) is 1.62. The van der Waals surface area contributed by atoms with Gasteiger partial charge in [-0.1, -0.05) is 24.3 Å². The van der Waals surface area contributed by atoms with E-state index < -0.39 is 5.97 Å². The number of likely N-dealkylation sites (N-methyl/N-ethyl adjacent to an activating group) is 1. The maximum Gasteiger partial charge on any atom is 0.310 e. The third kappa shape index (κ3) is 5.38. The minimum Gasteiger partial charge on any atom is -0.494 e. The normalized spacial score (nSPS) is 10.7. The van der Waals surface area contributed by atoms with Crippen LogP contribution in [-0.4, -0.2) is 37.0 Å². The summed E-state index contributed by atoms with van der Waals surface area (Å²) in [6, 6.07) is 13.4. The minimum atomic E-state index is -0.462. The Balaban J connectivity index is 1.49. The molecule has 2 aromatic carbocycles. The number of esters is 1. The lowest BCUT2D eigenvalue weighted by Gasteiger charge is -2.17. The SMILES string of the molecule is CCOc1ccc(CN(C)C(=O)COC(=O)Cc2coc3cc(C)ccc23)cc1. The fraction of sp³-hybridized carbons (Fsp3) is 0.304. The molecule has 6 heteroatoms. The van der Waals surface area contributed by atoms with Crippen LogP contribution in [-0.2, 0) is 27.3 Å². The number of nitrogens with zero attached hydrogens (tertiary/aromatic N) is 1. The molecule has 0 spiro atoms. The quantitative estimate of drug-likeness (QED) is 0.542. The Hall–Kier alpha value is -3.28. The van der Waals surface area contributed by atoms with Crippen LogP contribution < -0.4 is 4.74 Å². The fourth-order valence-corrected chi connectivity index (χ4v) is 3.01. The number of carbonyl (C=O) groups is 2. The van der Waals surface area contributed by atoms with Crippen molar-refractivity contribution in [3.63, 3.8) is 0 Å². The summed E-state index contributed by atoms with van der Waals surface area (Å²) in [5, 5.41) is 0.881. The second-order valence-electron chi connectivity index (χ2n) is 6.92. The summed E-state index contributed by atoms with van der Waals surface area (Å²) >= 11 is 0. The highest BCUT2D eigenvalue weighted by Gasteiger charge is 2.15. The van der Waals surface area contributed by atoms with Gasteiger partial charge in [-0.15, -0.1) is 0 Å². The molecular formula is C23H25NO5. The molecule has 0 aliphatic heterocycles. The first kappa shape index (κ1) is 20.5. The maximum absolute atomic E-state index is 12.3. The highest BCUT2D eigenvalue weighted by molar-refractivity contribution is 5.87. The van der Waals surface area contributed by atoms with Gasteiger partial charge in [0.25, 0.3) is 5.91 Å². The predicted octanol–water partition coefficient (Wildman–Crippen LogP) is 3.88. The molecule has 1 aromatic heterocycles. The van der Waals surface area contributed by atoms with E-state index in [1.807, 2.05) is 56.3 Å². The zero-order valence-electron chi connectivity index (χ0n) is 16.9. The van der Waals surface area contributed by atoms with E-state index >= 15 is 0 Å². The highest BCUT2D eigenvalue weighted by Crippen LogP contribution is 2.23. The van der Waals surface area contributed by atoms with Gasteiger partial charge < -0.3 is 18.8 Å². The van der Waals surface area contributed by atoms with Gasteiger partial charge in [0.2, 0.25) is 0 Å². The molecule has 0 bridgehead atoms. The van der Waals surface area contributed by atoms with Gasteiger partial charge in [-0.2, -0.15) is 0 Å². The summed E-state index contributed by atoms with van der Waals surface area (Å²) in [6.45, 7) is 4.65. The molecule has 0 atom stereocenters. The topological polar surface area (TPSA) is 69.0 Å². The average molecular weight is 395 g/mol. The van der Waals surface area contributed by atoms with Crippen molar-refractivity contribution in [1.29, 1.82) is 0 Å². The van der Waals surface area contributed by atoms with Crippen LogP contribution in [0.25, 0.3) is 11.0 Å².